The Kier molecular flexibility index (Phi) is 5.69. The molecule has 1 atom stereocenters. The van der Waals surface area contributed by atoms with Gasteiger partial charge in [0.1, 0.15) is 0 Å². The van der Waals surface area contributed by atoms with Gasteiger partial charge in [0.05, 0.1) is 10.6 Å². The Hall–Kier alpha value is -2.87. The van der Waals surface area contributed by atoms with Crippen molar-refractivity contribution in [2.75, 3.05) is 16.2 Å². The van der Waals surface area contributed by atoms with Crippen LogP contribution in [0, 0.1) is 5.92 Å². The highest BCUT2D eigenvalue weighted by Gasteiger charge is 2.30. The predicted octanol–water partition coefficient (Wildman–Crippen LogP) is 2.88. The molecule has 0 saturated carbocycles. The van der Waals surface area contributed by atoms with E-state index in [1.165, 1.54) is 28.6 Å². The van der Waals surface area contributed by atoms with E-state index >= 15 is 0 Å². The molecule has 2 aromatic carbocycles. The summed E-state index contributed by atoms with van der Waals surface area (Å²) in [4.78, 5) is 22.8. The van der Waals surface area contributed by atoms with Gasteiger partial charge >= 0.3 is 5.97 Å². The number of aliphatic carboxylic acids is 1. The lowest BCUT2D eigenvalue weighted by Crippen LogP contribution is -2.29. The van der Waals surface area contributed by atoms with Gasteiger partial charge in [0, 0.05) is 25.1 Å². The first-order chi connectivity index (χ1) is 13.3. The summed E-state index contributed by atoms with van der Waals surface area (Å²) in [6.45, 7) is 2.10. The van der Waals surface area contributed by atoms with Gasteiger partial charge in [-0.05, 0) is 48.2 Å². The van der Waals surface area contributed by atoms with E-state index in [-0.39, 0.29) is 29.6 Å². The van der Waals surface area contributed by atoms with E-state index in [1.54, 1.807) is 13.0 Å². The molecule has 148 valence electrons. The number of benzene rings is 2. The smallest absolute Gasteiger partial charge is 0.303 e. The molecule has 0 bridgehead atoms. The Bertz CT molecular complexity index is 986. The van der Waals surface area contributed by atoms with Crippen LogP contribution in [0.15, 0.2) is 53.4 Å². The average molecular weight is 402 g/mol. The predicted molar refractivity (Wildman–Crippen MR) is 106 cm³/mol. The zero-order valence-corrected chi connectivity index (χ0v) is 16.3. The van der Waals surface area contributed by atoms with Crippen LogP contribution in [0.4, 0.5) is 11.4 Å². The standard InChI is InChI=1S/C20H22N2O5S/c1-14(13-20(24)25)12-19(23)21-16-6-8-17(9-7-16)28(26,27)22-11-10-15-4-2-3-5-18(15)22/h2-9,14H,10-13H2,1H3,(H,21,23)(H,24,25)/t14-/m0/s1. The second-order valence-corrected chi connectivity index (χ2v) is 8.80. The van der Waals surface area contributed by atoms with Crippen molar-refractivity contribution in [1.82, 2.24) is 0 Å². The maximum absolute atomic E-state index is 13.0. The van der Waals surface area contributed by atoms with E-state index in [0.29, 0.717) is 24.3 Å². The Labute approximate surface area is 164 Å². The summed E-state index contributed by atoms with van der Waals surface area (Å²) in [6.07, 6.45) is 0.677. The van der Waals surface area contributed by atoms with Crippen LogP contribution in [0.3, 0.4) is 0 Å². The average Bonchev–Trinajstić information content (AvgIpc) is 3.06. The molecular weight excluding hydrogens is 380 g/mol. The molecule has 1 aliphatic heterocycles. The van der Waals surface area contributed by atoms with Gasteiger partial charge in [-0.1, -0.05) is 25.1 Å². The molecule has 0 unspecified atom stereocenters. The summed E-state index contributed by atoms with van der Waals surface area (Å²) in [5.74, 6) is -1.54. The minimum Gasteiger partial charge on any atom is -0.481 e. The van der Waals surface area contributed by atoms with E-state index in [2.05, 4.69) is 5.32 Å². The molecule has 8 heteroatoms. The van der Waals surface area contributed by atoms with Gasteiger partial charge in [-0.25, -0.2) is 8.42 Å². The van der Waals surface area contributed by atoms with Crippen LogP contribution >= 0.6 is 0 Å². The first kappa shape index (κ1) is 19.9. The molecule has 0 fully saturated rings. The molecule has 1 amide bonds. The summed E-state index contributed by atoms with van der Waals surface area (Å²) in [6, 6.07) is 13.4. The Morgan fingerprint density at radius 2 is 1.79 bits per heavy atom. The van der Waals surface area contributed by atoms with Crippen molar-refractivity contribution in [3.63, 3.8) is 0 Å². The second-order valence-electron chi connectivity index (χ2n) is 6.94. The van der Waals surface area contributed by atoms with Gasteiger partial charge in [0.2, 0.25) is 5.91 Å². The quantitative estimate of drug-likeness (QED) is 0.741. The van der Waals surface area contributed by atoms with Crippen molar-refractivity contribution in [2.45, 2.75) is 31.1 Å². The lowest BCUT2D eigenvalue weighted by molar-refractivity contribution is -0.138. The highest BCUT2D eigenvalue weighted by molar-refractivity contribution is 7.92. The van der Waals surface area contributed by atoms with E-state index in [1.807, 2.05) is 18.2 Å². The Morgan fingerprint density at radius 3 is 2.46 bits per heavy atom. The van der Waals surface area contributed by atoms with Crippen LogP contribution in [0.1, 0.15) is 25.3 Å². The van der Waals surface area contributed by atoms with Crippen molar-refractivity contribution < 1.29 is 23.1 Å². The Balaban J connectivity index is 1.69. The fraction of sp³-hybridized carbons (Fsp3) is 0.300. The van der Waals surface area contributed by atoms with Crippen LogP contribution < -0.4 is 9.62 Å². The fourth-order valence-electron chi connectivity index (χ4n) is 3.29. The van der Waals surface area contributed by atoms with Crippen molar-refractivity contribution in [2.24, 2.45) is 5.92 Å². The third-order valence-electron chi connectivity index (χ3n) is 4.63. The van der Waals surface area contributed by atoms with Crippen LogP contribution in [-0.2, 0) is 26.0 Å². The van der Waals surface area contributed by atoms with Gasteiger partial charge in [0.25, 0.3) is 10.0 Å². The van der Waals surface area contributed by atoms with Gasteiger partial charge < -0.3 is 10.4 Å². The third-order valence-corrected chi connectivity index (χ3v) is 6.45. The lowest BCUT2D eigenvalue weighted by Gasteiger charge is -2.19. The number of sulfonamides is 1. The summed E-state index contributed by atoms with van der Waals surface area (Å²) in [7, 11) is -3.67. The fourth-order valence-corrected chi connectivity index (χ4v) is 4.80. The van der Waals surface area contributed by atoms with Crippen LogP contribution in [0.2, 0.25) is 0 Å². The topological polar surface area (TPSA) is 104 Å². The second kappa shape index (κ2) is 8.02. The number of carbonyl (C=O) groups excluding carboxylic acids is 1. The summed E-state index contributed by atoms with van der Waals surface area (Å²) < 4.78 is 27.3. The molecule has 7 nitrogen and oxygen atoms in total. The zero-order valence-electron chi connectivity index (χ0n) is 15.5. The number of amides is 1. The molecule has 3 rings (SSSR count). The van der Waals surface area contributed by atoms with Crippen molar-refractivity contribution in [1.29, 1.82) is 0 Å². The molecular formula is C20H22N2O5S. The van der Waals surface area contributed by atoms with E-state index in [4.69, 9.17) is 5.11 Å². The molecule has 1 aliphatic rings. The number of rotatable bonds is 7. The Morgan fingerprint density at radius 1 is 1.11 bits per heavy atom. The molecule has 0 radical (unpaired) electrons. The van der Waals surface area contributed by atoms with Crippen molar-refractivity contribution in [3.05, 3.63) is 54.1 Å². The highest BCUT2D eigenvalue weighted by atomic mass is 32.2. The van der Waals surface area contributed by atoms with Crippen molar-refractivity contribution >= 4 is 33.3 Å². The van der Waals surface area contributed by atoms with Crippen LogP contribution in [0.25, 0.3) is 0 Å². The lowest BCUT2D eigenvalue weighted by atomic mass is 10.0. The summed E-state index contributed by atoms with van der Waals surface area (Å²) in [5.41, 5.74) is 2.17. The highest BCUT2D eigenvalue weighted by Crippen LogP contribution is 2.32. The van der Waals surface area contributed by atoms with Crippen LogP contribution in [-0.4, -0.2) is 31.9 Å². The maximum atomic E-state index is 13.0. The normalized spacial score (nSPS) is 14.4. The zero-order chi connectivity index (χ0) is 20.3. The third kappa shape index (κ3) is 4.33. The van der Waals surface area contributed by atoms with E-state index < -0.39 is 16.0 Å². The van der Waals surface area contributed by atoms with Gasteiger partial charge in [0.15, 0.2) is 0 Å². The maximum Gasteiger partial charge on any atom is 0.303 e. The first-order valence-corrected chi connectivity index (χ1v) is 10.4. The van der Waals surface area contributed by atoms with Gasteiger partial charge in [-0.2, -0.15) is 0 Å². The summed E-state index contributed by atoms with van der Waals surface area (Å²) in [5, 5.41) is 11.4. The number of nitrogens with one attached hydrogen (secondary N) is 1. The first-order valence-electron chi connectivity index (χ1n) is 8.99. The van der Waals surface area contributed by atoms with Gasteiger partial charge in [-0.15, -0.1) is 0 Å². The minimum atomic E-state index is -3.67. The largest absolute Gasteiger partial charge is 0.481 e. The minimum absolute atomic E-state index is 0.0803. The monoisotopic (exact) mass is 402 g/mol. The number of para-hydroxylation sites is 1. The molecule has 2 N–H and O–H groups in total. The van der Waals surface area contributed by atoms with Crippen LogP contribution in [0.5, 0.6) is 0 Å². The number of nitrogens with zero attached hydrogens (tertiary/aromatic N) is 1. The number of carboxylic acids is 1. The number of carbonyl (C=O) groups is 2. The number of carboxylic acid groups (broad SMARTS) is 1. The molecule has 28 heavy (non-hydrogen) atoms. The molecule has 0 aliphatic carbocycles. The number of hydrogen-bond acceptors (Lipinski definition) is 4. The van der Waals surface area contributed by atoms with Gasteiger partial charge in [-0.3, -0.25) is 13.9 Å². The molecule has 2 aromatic rings. The molecule has 1 heterocycles. The molecule has 0 aromatic heterocycles. The van der Waals surface area contributed by atoms with E-state index in [0.717, 1.165) is 5.56 Å². The number of hydrogen-bond donors (Lipinski definition) is 2. The molecule has 0 saturated heterocycles. The van der Waals surface area contributed by atoms with Crippen molar-refractivity contribution in [3.8, 4) is 0 Å². The molecule has 0 spiro atoms. The van der Waals surface area contributed by atoms with E-state index in [9.17, 15) is 18.0 Å². The SMILES string of the molecule is C[C@H](CC(=O)O)CC(=O)Nc1ccc(S(=O)(=O)N2CCc3ccccc32)cc1. The number of anilines is 2. The number of fused-ring (bicyclic) bond motifs is 1. The summed E-state index contributed by atoms with van der Waals surface area (Å²) >= 11 is 0.